The maximum Gasteiger partial charge on any atom is 0.245 e. The lowest BCUT2D eigenvalue weighted by molar-refractivity contribution is -0.121. The van der Waals surface area contributed by atoms with Crippen molar-refractivity contribution in [2.24, 2.45) is 0 Å². The fraction of sp³-hybridized carbons (Fsp3) is 0.500. The molecule has 0 radical (unpaired) electrons. The monoisotopic (exact) mass is 428 g/mol. The van der Waals surface area contributed by atoms with E-state index in [1.165, 1.54) is 18.2 Å². The highest BCUT2D eigenvalue weighted by molar-refractivity contribution is 7.91. The van der Waals surface area contributed by atoms with Gasteiger partial charge in [-0.25, -0.2) is 16.8 Å². The van der Waals surface area contributed by atoms with E-state index in [1.54, 1.807) is 6.92 Å². The van der Waals surface area contributed by atoms with E-state index < -0.39 is 38.4 Å². The van der Waals surface area contributed by atoms with Crippen molar-refractivity contribution in [3.05, 3.63) is 28.2 Å². The molecule has 1 aliphatic rings. The summed E-state index contributed by atoms with van der Waals surface area (Å²) in [7, 11) is -7.15. The minimum absolute atomic E-state index is 0.00476. The average Bonchev–Trinajstić information content (AvgIpc) is 2.85. The molecule has 0 saturated carbocycles. The number of sulfone groups is 1. The van der Waals surface area contributed by atoms with Crippen LogP contribution in [0.15, 0.2) is 23.1 Å². The first-order valence-corrected chi connectivity index (χ1v) is 11.5. The summed E-state index contributed by atoms with van der Waals surface area (Å²) >= 11 is 11.8. The van der Waals surface area contributed by atoms with E-state index in [-0.39, 0.29) is 33.0 Å². The molecule has 1 saturated heterocycles. The lowest BCUT2D eigenvalue weighted by Gasteiger charge is -2.21. The van der Waals surface area contributed by atoms with Crippen LogP contribution in [0.1, 0.15) is 13.3 Å². The zero-order valence-corrected chi connectivity index (χ0v) is 16.6. The van der Waals surface area contributed by atoms with Crippen LogP contribution in [-0.2, 0) is 24.7 Å². The lowest BCUT2D eigenvalue weighted by Crippen LogP contribution is -2.44. The molecule has 1 amide bonds. The Morgan fingerprint density at radius 2 is 2.04 bits per heavy atom. The van der Waals surface area contributed by atoms with E-state index >= 15 is 0 Å². The molecule has 2 rings (SSSR count). The van der Waals surface area contributed by atoms with Gasteiger partial charge < -0.3 is 5.32 Å². The number of amides is 1. The Morgan fingerprint density at radius 1 is 1.36 bits per heavy atom. The Kier molecular flexibility index (Phi) is 6.37. The van der Waals surface area contributed by atoms with Crippen molar-refractivity contribution in [2.45, 2.75) is 24.3 Å². The third kappa shape index (κ3) is 5.07. The van der Waals surface area contributed by atoms with Crippen molar-refractivity contribution >= 4 is 49.0 Å². The topological polar surface area (TPSA) is 101 Å². The zero-order chi connectivity index (χ0) is 18.8. The summed E-state index contributed by atoms with van der Waals surface area (Å²) in [6.07, 6.45) is 0.326. The number of rotatable bonds is 6. The van der Waals surface area contributed by atoms with E-state index in [0.717, 1.165) is 4.31 Å². The van der Waals surface area contributed by atoms with Gasteiger partial charge in [0.1, 0.15) is 4.90 Å². The van der Waals surface area contributed by atoms with Crippen molar-refractivity contribution in [1.29, 1.82) is 0 Å². The summed E-state index contributed by atoms with van der Waals surface area (Å²) in [5, 5.41) is 2.78. The van der Waals surface area contributed by atoms with Crippen LogP contribution in [0.4, 0.5) is 0 Å². The van der Waals surface area contributed by atoms with E-state index in [9.17, 15) is 21.6 Å². The van der Waals surface area contributed by atoms with Gasteiger partial charge in [0.05, 0.1) is 23.1 Å². The van der Waals surface area contributed by atoms with Gasteiger partial charge in [0.2, 0.25) is 15.9 Å². The number of halogens is 2. The first kappa shape index (κ1) is 20.4. The van der Waals surface area contributed by atoms with Gasteiger partial charge in [0, 0.05) is 17.6 Å². The van der Waals surface area contributed by atoms with Crippen LogP contribution in [0.3, 0.4) is 0 Å². The summed E-state index contributed by atoms with van der Waals surface area (Å²) in [5.74, 6) is -0.672. The van der Waals surface area contributed by atoms with Crippen molar-refractivity contribution in [1.82, 2.24) is 9.62 Å². The average molecular weight is 429 g/mol. The summed E-state index contributed by atoms with van der Waals surface area (Å²) in [5.41, 5.74) is 0. The van der Waals surface area contributed by atoms with Crippen LogP contribution in [-0.4, -0.2) is 57.7 Å². The Hall–Kier alpha value is -0.870. The molecule has 7 nitrogen and oxygen atoms in total. The molecule has 1 atom stereocenters. The molecule has 1 heterocycles. The molecule has 1 fully saturated rings. The van der Waals surface area contributed by atoms with Crippen molar-refractivity contribution < 1.29 is 21.6 Å². The highest BCUT2D eigenvalue weighted by atomic mass is 35.5. The van der Waals surface area contributed by atoms with Crippen molar-refractivity contribution in [3.63, 3.8) is 0 Å². The van der Waals surface area contributed by atoms with E-state index in [4.69, 9.17) is 23.2 Å². The van der Waals surface area contributed by atoms with Crippen LogP contribution < -0.4 is 5.32 Å². The number of carbonyl (C=O) groups is 1. The smallest absolute Gasteiger partial charge is 0.245 e. The molecule has 25 heavy (non-hydrogen) atoms. The highest BCUT2D eigenvalue weighted by Gasteiger charge is 2.31. The minimum Gasteiger partial charge on any atom is -0.351 e. The lowest BCUT2D eigenvalue weighted by atomic mass is 10.2. The van der Waals surface area contributed by atoms with E-state index in [0.29, 0.717) is 6.42 Å². The van der Waals surface area contributed by atoms with Gasteiger partial charge in [-0.2, -0.15) is 4.31 Å². The number of nitrogens with zero attached hydrogens (tertiary/aromatic N) is 1. The second-order valence-electron chi connectivity index (χ2n) is 5.67. The zero-order valence-electron chi connectivity index (χ0n) is 13.4. The maximum atomic E-state index is 12.7. The minimum atomic E-state index is -4.02. The Balaban J connectivity index is 2.13. The summed E-state index contributed by atoms with van der Waals surface area (Å²) in [6, 6.07) is 3.57. The molecule has 1 aliphatic heterocycles. The van der Waals surface area contributed by atoms with Crippen LogP contribution in [0, 0.1) is 0 Å². The first-order chi connectivity index (χ1) is 11.5. The molecule has 1 N–H and O–H groups in total. The van der Waals surface area contributed by atoms with Gasteiger partial charge in [0.25, 0.3) is 0 Å². The summed E-state index contributed by atoms with van der Waals surface area (Å²) < 4.78 is 49.3. The van der Waals surface area contributed by atoms with E-state index in [2.05, 4.69) is 5.32 Å². The van der Waals surface area contributed by atoms with Gasteiger partial charge in [-0.05, 0) is 24.6 Å². The predicted octanol–water partition coefficient (Wildman–Crippen LogP) is 1.31. The molecule has 140 valence electrons. The third-order valence-electron chi connectivity index (χ3n) is 3.78. The van der Waals surface area contributed by atoms with Gasteiger partial charge in [-0.1, -0.05) is 30.1 Å². The van der Waals surface area contributed by atoms with Crippen LogP contribution in [0.2, 0.25) is 10.0 Å². The quantitative estimate of drug-likeness (QED) is 0.735. The second-order valence-corrected chi connectivity index (χ2v) is 10.7. The Labute approximate surface area is 157 Å². The molecular weight excluding hydrogens is 411 g/mol. The van der Waals surface area contributed by atoms with Gasteiger partial charge >= 0.3 is 0 Å². The van der Waals surface area contributed by atoms with E-state index in [1.807, 2.05) is 0 Å². The number of hydrogen-bond acceptors (Lipinski definition) is 5. The molecule has 0 spiro atoms. The fourth-order valence-corrected chi connectivity index (χ4v) is 6.34. The SMILES string of the molecule is CCN(CC(=O)N[C@@H]1CCS(=O)(=O)C1)S(=O)(=O)c1cc(Cl)ccc1Cl. The summed E-state index contributed by atoms with van der Waals surface area (Å²) in [6.45, 7) is 1.20. The van der Waals surface area contributed by atoms with Crippen LogP contribution >= 0.6 is 23.2 Å². The van der Waals surface area contributed by atoms with Crippen molar-refractivity contribution in [3.8, 4) is 0 Å². The normalized spacial score (nSPS) is 19.9. The maximum absolute atomic E-state index is 12.7. The fourth-order valence-electron chi connectivity index (χ4n) is 2.52. The number of hydrogen-bond donors (Lipinski definition) is 1. The number of likely N-dealkylation sites (N-methyl/N-ethyl adjacent to an activating group) is 1. The van der Waals surface area contributed by atoms with Crippen LogP contribution in [0.25, 0.3) is 0 Å². The second kappa shape index (κ2) is 7.79. The van der Waals surface area contributed by atoms with Gasteiger partial charge in [-0.3, -0.25) is 4.79 Å². The number of sulfonamides is 1. The molecule has 0 aliphatic carbocycles. The molecule has 11 heteroatoms. The third-order valence-corrected chi connectivity index (χ3v) is 8.19. The molecule has 0 bridgehead atoms. The Bertz CT molecular complexity index is 871. The van der Waals surface area contributed by atoms with Gasteiger partial charge in [0.15, 0.2) is 9.84 Å². The number of nitrogens with one attached hydrogen (secondary N) is 1. The molecule has 0 aromatic heterocycles. The highest BCUT2D eigenvalue weighted by Crippen LogP contribution is 2.27. The predicted molar refractivity (Wildman–Crippen MR) is 96.1 cm³/mol. The summed E-state index contributed by atoms with van der Waals surface area (Å²) in [4.78, 5) is 12.0. The van der Waals surface area contributed by atoms with Crippen LogP contribution in [0.5, 0.6) is 0 Å². The first-order valence-electron chi connectivity index (χ1n) is 7.50. The largest absolute Gasteiger partial charge is 0.351 e. The number of benzene rings is 1. The molecule has 1 aromatic rings. The van der Waals surface area contributed by atoms with Crippen molar-refractivity contribution in [2.75, 3.05) is 24.6 Å². The number of carbonyl (C=O) groups excluding carboxylic acids is 1. The molecule has 1 aromatic carbocycles. The Morgan fingerprint density at radius 3 is 2.60 bits per heavy atom. The van der Waals surface area contributed by atoms with Gasteiger partial charge in [-0.15, -0.1) is 0 Å². The molecule has 0 unspecified atom stereocenters. The standard InChI is InChI=1S/C14H18Cl2N2O5S2/c1-2-18(8-14(19)17-11-5-6-24(20,21)9-11)25(22,23)13-7-10(15)3-4-12(13)16/h3-4,7,11H,2,5-6,8-9H2,1H3,(H,17,19)/t11-/m1/s1. The molecular formula is C14H18Cl2N2O5S2.